The first-order valence-corrected chi connectivity index (χ1v) is 21.7. The molecule has 14 heteroatoms. The maximum Gasteiger partial charge on any atom is 0.475 e. The quantitative estimate of drug-likeness (QED) is 0.0847. The van der Waals surface area contributed by atoms with Gasteiger partial charge in [-0.1, -0.05) is 93.6 Å². The molecule has 0 bridgehead atoms. The number of fused-ring (bicyclic) bond motifs is 2. The van der Waals surface area contributed by atoms with Crippen molar-refractivity contribution in [3.8, 4) is 5.75 Å². The van der Waals surface area contributed by atoms with Crippen molar-refractivity contribution in [2.75, 3.05) is 19.5 Å². The van der Waals surface area contributed by atoms with Crippen LogP contribution in [-0.4, -0.2) is 66.5 Å². The van der Waals surface area contributed by atoms with E-state index in [9.17, 15) is 4.57 Å². The maximum absolute atomic E-state index is 13.4. The summed E-state index contributed by atoms with van der Waals surface area (Å²) in [4.78, 5) is 14.4. The van der Waals surface area contributed by atoms with Gasteiger partial charge in [-0.25, -0.2) is 19.5 Å². The molecule has 6 atom stereocenters. The van der Waals surface area contributed by atoms with E-state index in [1.807, 2.05) is 53.1 Å². The van der Waals surface area contributed by atoms with E-state index in [4.69, 9.17) is 42.4 Å². The SMILES string of the molecule is COc1ccc(C(Nc2ncnc3c2ncn3C2OC3C(C)OP(=O)(OC)OC3C2O[Si](C)(C)C(C)(C)C)(c2ccccc2)c2ccccc2)cc1. The summed E-state index contributed by atoms with van der Waals surface area (Å²) in [6.07, 6.45) is -0.112. The van der Waals surface area contributed by atoms with Crippen LogP contribution < -0.4 is 10.1 Å². The molecule has 2 aliphatic rings. The molecule has 7 rings (SSSR count). The molecule has 6 unspecified atom stereocenters. The molecule has 0 spiro atoms. The lowest BCUT2D eigenvalue weighted by molar-refractivity contribution is -0.101. The topological polar surface area (TPSA) is 128 Å². The summed E-state index contributed by atoms with van der Waals surface area (Å²) in [5.41, 5.74) is 3.13. The lowest BCUT2D eigenvalue weighted by Crippen LogP contribution is -2.51. The van der Waals surface area contributed by atoms with E-state index in [1.54, 1.807) is 20.4 Å². The molecule has 2 aliphatic heterocycles. The average molecular weight is 744 g/mol. The molecule has 0 aliphatic carbocycles. The molecule has 1 N–H and O–H groups in total. The Morgan fingerprint density at radius 1 is 0.827 bits per heavy atom. The molecule has 0 amide bonds. The molecule has 52 heavy (non-hydrogen) atoms. The molecule has 5 aromatic rings. The van der Waals surface area contributed by atoms with Gasteiger partial charge in [0.1, 0.15) is 35.9 Å². The number of nitrogens with zero attached hydrogens (tertiary/aromatic N) is 4. The molecule has 2 fully saturated rings. The molecule has 4 heterocycles. The van der Waals surface area contributed by atoms with Crippen molar-refractivity contribution in [3.63, 3.8) is 0 Å². The molecule has 2 aromatic heterocycles. The van der Waals surface area contributed by atoms with Gasteiger partial charge in [-0.15, -0.1) is 0 Å². The predicted molar refractivity (Wildman–Crippen MR) is 201 cm³/mol. The smallest absolute Gasteiger partial charge is 0.475 e. The van der Waals surface area contributed by atoms with Crippen molar-refractivity contribution in [2.45, 2.75) is 82.0 Å². The molecule has 2 saturated heterocycles. The molecule has 274 valence electrons. The fourth-order valence-corrected chi connectivity index (χ4v) is 9.37. The number of phosphoric ester groups is 1. The Balaban J connectivity index is 1.36. The number of phosphoric acid groups is 1. The lowest BCUT2D eigenvalue weighted by atomic mass is 9.77. The first-order valence-electron chi connectivity index (χ1n) is 17.4. The maximum atomic E-state index is 13.4. The standard InChI is InChI=1S/C38H46N5O7PSi/c1-25-31-32(49-51(44,46-6)48-25)33(50-52(7,8)37(2,3)4)36(47-31)43-24-41-30-34(39-23-40-35(30)43)42-38(26-15-11-9-12-16-26,27-17-13-10-14-18-27)28-19-21-29(45-5)22-20-28/h9-25,31-33,36H,1-8H3,(H,39,40,42). The third-order valence-electron chi connectivity index (χ3n) is 10.6. The molecule has 3 aromatic carbocycles. The van der Waals surface area contributed by atoms with Gasteiger partial charge in [0.2, 0.25) is 0 Å². The van der Waals surface area contributed by atoms with Crippen molar-refractivity contribution in [1.82, 2.24) is 19.5 Å². The van der Waals surface area contributed by atoms with Crippen LogP contribution in [0.2, 0.25) is 18.1 Å². The van der Waals surface area contributed by atoms with Crippen LogP contribution in [0.15, 0.2) is 97.6 Å². The Labute approximate surface area is 305 Å². The van der Waals surface area contributed by atoms with Crippen LogP contribution in [0.3, 0.4) is 0 Å². The van der Waals surface area contributed by atoms with Crippen LogP contribution in [0.4, 0.5) is 5.82 Å². The second-order valence-corrected chi connectivity index (χ2v) is 21.2. The van der Waals surface area contributed by atoms with E-state index >= 15 is 0 Å². The van der Waals surface area contributed by atoms with Gasteiger partial charge in [0.05, 0.1) is 19.5 Å². The van der Waals surface area contributed by atoms with Crippen LogP contribution in [0, 0.1) is 0 Å². The fraction of sp³-hybridized carbons (Fsp3) is 0.395. The Morgan fingerprint density at radius 3 is 2.02 bits per heavy atom. The minimum absolute atomic E-state index is 0.132. The van der Waals surface area contributed by atoms with E-state index in [2.05, 4.69) is 75.6 Å². The first-order chi connectivity index (χ1) is 24.8. The highest BCUT2D eigenvalue weighted by Gasteiger charge is 2.59. The number of nitrogens with one attached hydrogen (secondary N) is 1. The second-order valence-electron chi connectivity index (χ2n) is 14.7. The highest BCUT2D eigenvalue weighted by atomic mass is 31.2. The largest absolute Gasteiger partial charge is 0.497 e. The number of benzene rings is 3. The summed E-state index contributed by atoms with van der Waals surface area (Å²) in [5.74, 6) is 1.26. The third kappa shape index (κ3) is 6.38. The van der Waals surface area contributed by atoms with Crippen LogP contribution in [0.1, 0.15) is 50.6 Å². The fourth-order valence-electron chi connectivity index (χ4n) is 6.79. The normalized spacial score (nSPS) is 25.2. The highest BCUT2D eigenvalue weighted by molar-refractivity contribution is 7.48. The van der Waals surface area contributed by atoms with Crippen molar-refractivity contribution in [2.24, 2.45) is 0 Å². The Kier molecular flexibility index (Phi) is 9.66. The van der Waals surface area contributed by atoms with Gasteiger partial charge in [-0.2, -0.15) is 0 Å². The summed E-state index contributed by atoms with van der Waals surface area (Å²) in [6, 6.07) is 28.5. The first kappa shape index (κ1) is 36.4. The van der Waals surface area contributed by atoms with E-state index < -0.39 is 52.3 Å². The second kappa shape index (κ2) is 13.8. The highest BCUT2D eigenvalue weighted by Crippen LogP contribution is 2.59. The molecule has 12 nitrogen and oxygen atoms in total. The Morgan fingerprint density at radius 2 is 1.44 bits per heavy atom. The van der Waals surface area contributed by atoms with Crippen molar-refractivity contribution < 1.29 is 32.0 Å². The summed E-state index contributed by atoms with van der Waals surface area (Å²) < 4.78 is 51.6. The zero-order valence-electron chi connectivity index (χ0n) is 30.7. The third-order valence-corrected chi connectivity index (χ3v) is 16.6. The van der Waals surface area contributed by atoms with Crippen LogP contribution in [0.5, 0.6) is 5.75 Å². The van der Waals surface area contributed by atoms with Crippen molar-refractivity contribution in [1.29, 1.82) is 0 Å². The number of methoxy groups -OCH3 is 1. The number of anilines is 1. The van der Waals surface area contributed by atoms with Crippen molar-refractivity contribution >= 4 is 33.1 Å². The number of ether oxygens (including phenoxy) is 2. The zero-order chi connectivity index (χ0) is 36.9. The Bertz CT molecular complexity index is 2020. The van der Waals surface area contributed by atoms with E-state index in [0.717, 1.165) is 22.4 Å². The van der Waals surface area contributed by atoms with E-state index in [0.29, 0.717) is 17.0 Å². The summed E-state index contributed by atoms with van der Waals surface area (Å²) in [5, 5.41) is 3.71. The summed E-state index contributed by atoms with van der Waals surface area (Å²) in [7, 11) is -3.31. The van der Waals surface area contributed by atoms with Gasteiger partial charge in [0.25, 0.3) is 0 Å². The monoisotopic (exact) mass is 743 g/mol. The minimum atomic E-state index is -3.85. The Hall–Kier alpha value is -3.94. The van der Waals surface area contributed by atoms with Gasteiger partial charge >= 0.3 is 7.82 Å². The number of imidazole rings is 1. The van der Waals surface area contributed by atoms with Crippen LogP contribution in [-0.2, 0) is 32.8 Å². The van der Waals surface area contributed by atoms with Gasteiger partial charge in [0, 0.05) is 7.11 Å². The molecular formula is C38H46N5O7PSi. The van der Waals surface area contributed by atoms with Gasteiger partial charge in [0.15, 0.2) is 31.5 Å². The summed E-state index contributed by atoms with van der Waals surface area (Å²) in [6.45, 7) is 12.6. The molecule has 0 radical (unpaired) electrons. The number of aromatic nitrogens is 4. The van der Waals surface area contributed by atoms with Gasteiger partial charge in [-0.05, 0) is 53.9 Å². The van der Waals surface area contributed by atoms with Gasteiger partial charge in [-0.3, -0.25) is 18.1 Å². The van der Waals surface area contributed by atoms with E-state index in [1.165, 1.54) is 13.4 Å². The zero-order valence-corrected chi connectivity index (χ0v) is 32.6. The van der Waals surface area contributed by atoms with E-state index in [-0.39, 0.29) is 5.04 Å². The average Bonchev–Trinajstić information content (AvgIpc) is 3.72. The number of rotatable bonds is 10. The number of hydrogen-bond acceptors (Lipinski definition) is 11. The minimum Gasteiger partial charge on any atom is -0.497 e. The summed E-state index contributed by atoms with van der Waals surface area (Å²) >= 11 is 0. The lowest BCUT2D eigenvalue weighted by Gasteiger charge is -2.42. The predicted octanol–water partition coefficient (Wildman–Crippen LogP) is 8.09. The number of hydrogen-bond donors (Lipinski definition) is 1. The molecule has 0 saturated carbocycles. The molecular weight excluding hydrogens is 698 g/mol. The van der Waals surface area contributed by atoms with Crippen LogP contribution in [0.25, 0.3) is 11.2 Å². The van der Waals surface area contributed by atoms with Gasteiger partial charge < -0.3 is 19.2 Å². The van der Waals surface area contributed by atoms with Crippen molar-refractivity contribution in [3.05, 3.63) is 114 Å². The van der Waals surface area contributed by atoms with Crippen LogP contribution >= 0.6 is 7.82 Å².